The molecule has 3 rings (SSSR count). The second kappa shape index (κ2) is 11.6. The van der Waals surface area contributed by atoms with Crippen LogP contribution in [0.5, 0.6) is 11.5 Å². The summed E-state index contributed by atoms with van der Waals surface area (Å²) in [6.45, 7) is 2.85. The molecular weight excluding hydrogens is 393 g/mol. The predicted molar refractivity (Wildman–Crippen MR) is 121 cm³/mol. The highest BCUT2D eigenvalue weighted by atomic mass is 19.1. The molecular formula is C26H26FNO3. The Morgan fingerprint density at radius 1 is 0.903 bits per heavy atom. The average molecular weight is 419 g/mol. The zero-order chi connectivity index (χ0) is 21.9. The van der Waals surface area contributed by atoms with Crippen LogP contribution in [-0.4, -0.2) is 18.8 Å². The molecule has 0 aliphatic carbocycles. The number of hydrogen-bond donors (Lipinski definition) is 0. The number of benzene rings is 3. The van der Waals surface area contributed by atoms with Crippen LogP contribution in [0.3, 0.4) is 0 Å². The van der Waals surface area contributed by atoms with Crippen LogP contribution >= 0.6 is 0 Å². The zero-order valence-corrected chi connectivity index (χ0v) is 17.6. The van der Waals surface area contributed by atoms with Crippen LogP contribution < -0.4 is 9.47 Å². The van der Waals surface area contributed by atoms with Crippen molar-refractivity contribution < 1.29 is 18.7 Å². The van der Waals surface area contributed by atoms with Gasteiger partial charge >= 0.3 is 5.97 Å². The normalized spacial score (nSPS) is 10.9. The van der Waals surface area contributed by atoms with Crippen molar-refractivity contribution in [2.45, 2.75) is 32.6 Å². The first-order chi connectivity index (χ1) is 15.2. The zero-order valence-electron chi connectivity index (χ0n) is 17.6. The van der Waals surface area contributed by atoms with Gasteiger partial charge in [-0.1, -0.05) is 38.3 Å². The molecule has 0 aliphatic rings. The van der Waals surface area contributed by atoms with E-state index in [-0.39, 0.29) is 11.5 Å². The standard InChI is InChI=1S/C26H26FNO3/c1-2-3-4-7-18-30-22-16-12-21(13-17-22)26(29)31-23-14-10-20(11-15-23)19-28-25-9-6-5-8-24(25)27/h5-6,8-17,19H,2-4,7,18H2,1H3. The number of rotatable bonds is 10. The molecule has 3 aromatic carbocycles. The number of ether oxygens (including phenoxy) is 2. The molecule has 3 aromatic rings. The molecule has 0 atom stereocenters. The lowest BCUT2D eigenvalue weighted by atomic mass is 10.2. The van der Waals surface area contributed by atoms with Gasteiger partial charge in [0.15, 0.2) is 0 Å². The van der Waals surface area contributed by atoms with Gasteiger partial charge in [-0.05, 0) is 72.6 Å². The first-order valence-corrected chi connectivity index (χ1v) is 10.5. The lowest BCUT2D eigenvalue weighted by molar-refractivity contribution is 0.0734. The van der Waals surface area contributed by atoms with Crippen molar-refractivity contribution >= 4 is 17.9 Å². The molecule has 0 heterocycles. The van der Waals surface area contributed by atoms with Crippen molar-refractivity contribution in [2.75, 3.05) is 6.61 Å². The van der Waals surface area contributed by atoms with E-state index >= 15 is 0 Å². The number of halogens is 1. The maximum atomic E-state index is 13.6. The van der Waals surface area contributed by atoms with Crippen LogP contribution in [0.15, 0.2) is 77.8 Å². The highest BCUT2D eigenvalue weighted by Gasteiger charge is 2.09. The fourth-order valence-corrected chi connectivity index (χ4v) is 2.89. The number of carbonyl (C=O) groups is 1. The fourth-order valence-electron chi connectivity index (χ4n) is 2.89. The summed E-state index contributed by atoms with van der Waals surface area (Å²) in [6.07, 6.45) is 6.16. The molecule has 0 N–H and O–H groups in total. The Balaban J connectivity index is 1.51. The maximum Gasteiger partial charge on any atom is 0.343 e. The average Bonchev–Trinajstić information content (AvgIpc) is 2.80. The SMILES string of the molecule is CCCCCCOc1ccc(C(=O)Oc2ccc(C=Nc3ccccc3F)cc2)cc1. The molecule has 31 heavy (non-hydrogen) atoms. The molecule has 0 amide bonds. The monoisotopic (exact) mass is 419 g/mol. The van der Waals surface area contributed by atoms with Gasteiger partial charge in [-0.25, -0.2) is 9.18 Å². The number of para-hydroxylation sites is 1. The van der Waals surface area contributed by atoms with Gasteiger partial charge in [0, 0.05) is 6.21 Å². The quantitative estimate of drug-likeness (QED) is 0.158. The largest absolute Gasteiger partial charge is 0.494 e. The van der Waals surface area contributed by atoms with E-state index in [0.29, 0.717) is 17.9 Å². The highest BCUT2D eigenvalue weighted by Crippen LogP contribution is 2.19. The van der Waals surface area contributed by atoms with Crippen molar-refractivity contribution in [1.82, 2.24) is 0 Å². The number of hydrogen-bond acceptors (Lipinski definition) is 4. The Bertz CT molecular complexity index is 998. The molecule has 160 valence electrons. The summed E-state index contributed by atoms with van der Waals surface area (Å²) in [5.74, 6) is 0.343. The molecule has 0 unspecified atom stereocenters. The van der Waals surface area contributed by atoms with E-state index in [0.717, 1.165) is 24.2 Å². The van der Waals surface area contributed by atoms with Crippen LogP contribution in [0.4, 0.5) is 10.1 Å². The first kappa shape index (κ1) is 22.2. The molecule has 0 saturated heterocycles. The molecule has 0 spiro atoms. The van der Waals surface area contributed by atoms with Crippen LogP contribution in [0, 0.1) is 5.82 Å². The summed E-state index contributed by atoms with van der Waals surface area (Å²) in [4.78, 5) is 16.5. The van der Waals surface area contributed by atoms with E-state index in [2.05, 4.69) is 11.9 Å². The summed E-state index contributed by atoms with van der Waals surface area (Å²) in [7, 11) is 0. The predicted octanol–water partition coefficient (Wildman–Crippen LogP) is 6.75. The molecule has 5 heteroatoms. The van der Waals surface area contributed by atoms with Gasteiger partial charge in [0.1, 0.15) is 17.3 Å². The number of nitrogens with zero attached hydrogens (tertiary/aromatic N) is 1. The van der Waals surface area contributed by atoms with E-state index in [1.165, 1.54) is 18.9 Å². The van der Waals surface area contributed by atoms with E-state index < -0.39 is 5.97 Å². The summed E-state index contributed by atoms with van der Waals surface area (Å²) >= 11 is 0. The third-order valence-corrected chi connectivity index (χ3v) is 4.65. The molecule has 0 radical (unpaired) electrons. The molecule has 0 fully saturated rings. The Kier molecular flexibility index (Phi) is 8.35. The van der Waals surface area contributed by atoms with Crippen LogP contribution in [0.1, 0.15) is 48.5 Å². The van der Waals surface area contributed by atoms with Gasteiger partial charge in [-0.15, -0.1) is 0 Å². The minimum atomic E-state index is -0.442. The van der Waals surface area contributed by atoms with Gasteiger partial charge in [0.25, 0.3) is 0 Å². The van der Waals surface area contributed by atoms with Gasteiger partial charge < -0.3 is 9.47 Å². The van der Waals surface area contributed by atoms with E-state index in [9.17, 15) is 9.18 Å². The smallest absolute Gasteiger partial charge is 0.343 e. The summed E-state index contributed by atoms with van der Waals surface area (Å²) in [6, 6.07) is 20.1. The third-order valence-electron chi connectivity index (χ3n) is 4.65. The number of esters is 1. The maximum absolute atomic E-state index is 13.6. The Morgan fingerprint density at radius 2 is 1.61 bits per heavy atom. The lowest BCUT2D eigenvalue weighted by Gasteiger charge is -2.08. The van der Waals surface area contributed by atoms with E-state index in [4.69, 9.17) is 9.47 Å². The third kappa shape index (κ3) is 7.07. The Morgan fingerprint density at radius 3 is 2.32 bits per heavy atom. The van der Waals surface area contributed by atoms with Crippen molar-refractivity contribution in [3.05, 3.63) is 89.7 Å². The minimum Gasteiger partial charge on any atom is -0.494 e. The van der Waals surface area contributed by atoms with Gasteiger partial charge in [0.05, 0.1) is 17.9 Å². The van der Waals surface area contributed by atoms with Crippen molar-refractivity contribution in [3.63, 3.8) is 0 Å². The molecule has 4 nitrogen and oxygen atoms in total. The summed E-state index contributed by atoms with van der Waals surface area (Å²) < 4.78 is 24.7. The van der Waals surface area contributed by atoms with E-state index in [1.807, 2.05) is 0 Å². The molecule has 0 saturated carbocycles. The number of aliphatic imine (C=N–C) groups is 1. The van der Waals surface area contributed by atoms with Gasteiger partial charge in [0.2, 0.25) is 0 Å². The summed E-state index contributed by atoms with van der Waals surface area (Å²) in [5.41, 5.74) is 1.48. The van der Waals surface area contributed by atoms with E-state index in [1.54, 1.807) is 72.9 Å². The Labute approximate surface area is 182 Å². The van der Waals surface area contributed by atoms with Crippen LogP contribution in [0.2, 0.25) is 0 Å². The lowest BCUT2D eigenvalue weighted by Crippen LogP contribution is -2.08. The topological polar surface area (TPSA) is 47.9 Å². The van der Waals surface area contributed by atoms with Crippen molar-refractivity contribution in [3.8, 4) is 11.5 Å². The highest BCUT2D eigenvalue weighted by molar-refractivity contribution is 5.91. The van der Waals surface area contributed by atoms with Crippen molar-refractivity contribution in [2.24, 2.45) is 4.99 Å². The van der Waals surface area contributed by atoms with Gasteiger partial charge in [-0.3, -0.25) is 4.99 Å². The fraction of sp³-hybridized carbons (Fsp3) is 0.231. The molecule has 0 bridgehead atoms. The number of carbonyl (C=O) groups excluding carboxylic acids is 1. The van der Waals surface area contributed by atoms with Crippen molar-refractivity contribution in [1.29, 1.82) is 0 Å². The van der Waals surface area contributed by atoms with Gasteiger partial charge in [-0.2, -0.15) is 0 Å². The minimum absolute atomic E-state index is 0.270. The summed E-state index contributed by atoms with van der Waals surface area (Å²) in [5, 5.41) is 0. The second-order valence-electron chi connectivity index (χ2n) is 7.10. The molecule has 0 aliphatic heterocycles. The number of unbranched alkanes of at least 4 members (excludes halogenated alkanes) is 3. The first-order valence-electron chi connectivity index (χ1n) is 10.5. The Hall–Kier alpha value is -3.47. The second-order valence-corrected chi connectivity index (χ2v) is 7.10. The molecule has 0 aromatic heterocycles. The van der Waals surface area contributed by atoms with Crippen LogP contribution in [0.25, 0.3) is 0 Å². The van der Waals surface area contributed by atoms with Crippen LogP contribution in [-0.2, 0) is 0 Å².